The Kier molecular flexibility index (Phi) is 3.82. The first-order valence-electron chi connectivity index (χ1n) is 6.31. The van der Waals surface area contributed by atoms with Gasteiger partial charge in [0, 0.05) is 25.6 Å². The second-order valence-electron chi connectivity index (χ2n) is 5.31. The average molecular weight is 225 g/mol. The molecule has 2 unspecified atom stereocenters. The molecule has 2 aliphatic rings. The molecule has 2 heterocycles. The molecule has 1 N–H and O–H groups in total. The van der Waals surface area contributed by atoms with Gasteiger partial charge < -0.3 is 15.1 Å². The van der Waals surface area contributed by atoms with Crippen molar-refractivity contribution in [3.8, 4) is 0 Å². The van der Waals surface area contributed by atoms with E-state index in [1.807, 2.05) is 4.90 Å². The van der Waals surface area contributed by atoms with E-state index in [1.54, 1.807) is 0 Å². The van der Waals surface area contributed by atoms with E-state index < -0.39 is 0 Å². The molecule has 4 heteroatoms. The second-order valence-corrected chi connectivity index (χ2v) is 5.31. The van der Waals surface area contributed by atoms with Crippen molar-refractivity contribution in [1.29, 1.82) is 0 Å². The first-order chi connectivity index (χ1) is 7.66. The lowest BCUT2D eigenvalue weighted by atomic mass is 10.0. The van der Waals surface area contributed by atoms with Gasteiger partial charge in [-0.05, 0) is 45.9 Å². The minimum Gasteiger partial charge on any atom is -0.341 e. The topological polar surface area (TPSA) is 35.6 Å². The van der Waals surface area contributed by atoms with Gasteiger partial charge in [0.15, 0.2) is 0 Å². The van der Waals surface area contributed by atoms with Gasteiger partial charge >= 0.3 is 0 Å². The van der Waals surface area contributed by atoms with Crippen molar-refractivity contribution in [3.05, 3.63) is 0 Å². The van der Waals surface area contributed by atoms with Crippen molar-refractivity contribution in [1.82, 2.24) is 15.1 Å². The molecule has 0 spiro atoms. The van der Waals surface area contributed by atoms with Crippen molar-refractivity contribution < 1.29 is 4.79 Å². The number of likely N-dealkylation sites (N-methyl/N-ethyl adjacent to an activating group) is 1. The summed E-state index contributed by atoms with van der Waals surface area (Å²) in [4.78, 5) is 16.3. The summed E-state index contributed by atoms with van der Waals surface area (Å²) >= 11 is 0. The van der Waals surface area contributed by atoms with E-state index in [0.29, 0.717) is 17.9 Å². The van der Waals surface area contributed by atoms with Gasteiger partial charge in [0.1, 0.15) is 0 Å². The molecule has 16 heavy (non-hydrogen) atoms. The lowest BCUT2D eigenvalue weighted by molar-refractivity contribution is -0.131. The number of carbonyl (C=O) groups excluding carboxylic acids is 1. The summed E-state index contributed by atoms with van der Waals surface area (Å²) in [5.41, 5.74) is 0. The van der Waals surface area contributed by atoms with Crippen molar-refractivity contribution in [3.63, 3.8) is 0 Å². The number of hydrogen-bond donors (Lipinski definition) is 1. The molecule has 4 nitrogen and oxygen atoms in total. The fourth-order valence-electron chi connectivity index (χ4n) is 2.65. The summed E-state index contributed by atoms with van der Waals surface area (Å²) in [5, 5.41) is 3.32. The highest BCUT2D eigenvalue weighted by molar-refractivity contribution is 5.76. The van der Waals surface area contributed by atoms with Crippen LogP contribution in [0, 0.1) is 5.92 Å². The number of likely N-dealkylation sites (tertiary alicyclic amines) is 1. The monoisotopic (exact) mass is 225 g/mol. The van der Waals surface area contributed by atoms with Gasteiger partial charge in [-0.25, -0.2) is 0 Å². The van der Waals surface area contributed by atoms with E-state index in [1.165, 1.54) is 0 Å². The zero-order chi connectivity index (χ0) is 11.5. The Morgan fingerprint density at radius 1 is 1.44 bits per heavy atom. The fourth-order valence-corrected chi connectivity index (χ4v) is 2.65. The van der Waals surface area contributed by atoms with Crippen LogP contribution >= 0.6 is 0 Å². The molecular formula is C12H23N3O. The third-order valence-corrected chi connectivity index (χ3v) is 3.87. The summed E-state index contributed by atoms with van der Waals surface area (Å²) in [6.45, 7) is 3.97. The van der Waals surface area contributed by atoms with Crippen molar-refractivity contribution in [2.75, 3.05) is 40.3 Å². The minimum absolute atomic E-state index is 0.359. The minimum atomic E-state index is 0.359. The molecule has 0 aromatic rings. The molecule has 2 saturated heterocycles. The van der Waals surface area contributed by atoms with Crippen molar-refractivity contribution in [2.24, 2.45) is 5.92 Å². The molecule has 2 atom stereocenters. The van der Waals surface area contributed by atoms with E-state index >= 15 is 0 Å². The summed E-state index contributed by atoms with van der Waals surface area (Å²) in [6, 6.07) is 0.561. The van der Waals surface area contributed by atoms with Gasteiger partial charge in [0.25, 0.3) is 0 Å². The Hall–Kier alpha value is -0.610. The number of amides is 1. The summed E-state index contributed by atoms with van der Waals surface area (Å²) in [7, 11) is 4.19. The maximum atomic E-state index is 12.0. The molecule has 0 radical (unpaired) electrons. The lowest BCUT2D eigenvalue weighted by Crippen LogP contribution is -2.35. The first kappa shape index (κ1) is 11.9. The van der Waals surface area contributed by atoms with Crippen molar-refractivity contribution >= 4 is 5.91 Å². The molecule has 2 fully saturated rings. The molecule has 0 aliphatic carbocycles. The second kappa shape index (κ2) is 5.15. The molecule has 92 valence electrons. The number of carbonyl (C=O) groups is 1. The van der Waals surface area contributed by atoms with E-state index in [4.69, 9.17) is 0 Å². The Morgan fingerprint density at radius 3 is 2.81 bits per heavy atom. The summed E-state index contributed by atoms with van der Waals surface area (Å²) in [6.07, 6.45) is 3.03. The molecule has 0 aromatic heterocycles. The highest BCUT2D eigenvalue weighted by atomic mass is 16.2. The molecule has 0 aromatic carbocycles. The largest absolute Gasteiger partial charge is 0.341 e. The Labute approximate surface area is 98.0 Å². The number of nitrogens with zero attached hydrogens (tertiary/aromatic N) is 2. The molecule has 0 saturated carbocycles. The van der Waals surface area contributed by atoms with Gasteiger partial charge in [-0.3, -0.25) is 4.79 Å². The highest BCUT2D eigenvalue weighted by Crippen LogP contribution is 2.18. The molecular weight excluding hydrogens is 202 g/mol. The lowest BCUT2D eigenvalue weighted by Gasteiger charge is -2.21. The van der Waals surface area contributed by atoms with Crippen LogP contribution in [-0.2, 0) is 4.79 Å². The maximum absolute atomic E-state index is 12.0. The standard InChI is InChI=1S/C12H23N3O/c1-14(2)11-4-6-15(9-11)12(16)7-10-3-5-13-8-10/h10-11,13H,3-9H2,1-2H3. The maximum Gasteiger partial charge on any atom is 0.222 e. The van der Waals surface area contributed by atoms with Crippen LogP contribution in [0.5, 0.6) is 0 Å². The van der Waals surface area contributed by atoms with Crippen LogP contribution in [-0.4, -0.2) is 62.0 Å². The zero-order valence-corrected chi connectivity index (χ0v) is 10.4. The highest BCUT2D eigenvalue weighted by Gasteiger charge is 2.29. The van der Waals surface area contributed by atoms with E-state index in [-0.39, 0.29) is 0 Å². The normalized spacial score (nSPS) is 30.3. The number of hydrogen-bond acceptors (Lipinski definition) is 3. The smallest absolute Gasteiger partial charge is 0.222 e. The van der Waals surface area contributed by atoms with Crippen molar-refractivity contribution in [2.45, 2.75) is 25.3 Å². The van der Waals surface area contributed by atoms with E-state index in [9.17, 15) is 4.79 Å². The van der Waals surface area contributed by atoms with Gasteiger partial charge in [0.05, 0.1) is 0 Å². The van der Waals surface area contributed by atoms with Crippen LogP contribution in [0.2, 0.25) is 0 Å². The molecule has 2 aliphatic heterocycles. The van der Waals surface area contributed by atoms with Crippen LogP contribution in [0.15, 0.2) is 0 Å². The molecule has 0 bridgehead atoms. The predicted octanol–water partition coefficient (Wildman–Crippen LogP) is 0.149. The Balaban J connectivity index is 1.77. The quantitative estimate of drug-likeness (QED) is 0.742. The van der Waals surface area contributed by atoms with Crippen LogP contribution < -0.4 is 5.32 Å². The third-order valence-electron chi connectivity index (χ3n) is 3.87. The Bertz CT molecular complexity index is 249. The molecule has 2 rings (SSSR count). The molecule has 1 amide bonds. The summed E-state index contributed by atoms with van der Waals surface area (Å²) < 4.78 is 0. The van der Waals surface area contributed by atoms with Gasteiger partial charge in [0.2, 0.25) is 5.91 Å². The van der Waals surface area contributed by atoms with Crippen LogP contribution in [0.1, 0.15) is 19.3 Å². The number of nitrogens with one attached hydrogen (secondary N) is 1. The number of rotatable bonds is 3. The van der Waals surface area contributed by atoms with Crippen LogP contribution in [0.25, 0.3) is 0 Å². The summed E-state index contributed by atoms with van der Waals surface area (Å²) in [5.74, 6) is 0.934. The van der Waals surface area contributed by atoms with Gasteiger partial charge in [-0.1, -0.05) is 0 Å². The predicted molar refractivity (Wildman–Crippen MR) is 64.3 cm³/mol. The van der Waals surface area contributed by atoms with E-state index in [2.05, 4.69) is 24.3 Å². The van der Waals surface area contributed by atoms with E-state index in [0.717, 1.165) is 45.4 Å². The van der Waals surface area contributed by atoms with Gasteiger partial charge in [-0.15, -0.1) is 0 Å². The fraction of sp³-hybridized carbons (Fsp3) is 0.917. The SMILES string of the molecule is CN(C)C1CCN(C(=O)CC2CCNC2)C1. The van der Waals surface area contributed by atoms with Crippen LogP contribution in [0.3, 0.4) is 0 Å². The first-order valence-corrected chi connectivity index (χ1v) is 6.31. The van der Waals surface area contributed by atoms with Gasteiger partial charge in [-0.2, -0.15) is 0 Å². The Morgan fingerprint density at radius 2 is 2.25 bits per heavy atom. The average Bonchev–Trinajstić information content (AvgIpc) is 2.86. The van der Waals surface area contributed by atoms with Crippen LogP contribution in [0.4, 0.5) is 0 Å². The zero-order valence-electron chi connectivity index (χ0n) is 10.4. The third kappa shape index (κ3) is 2.74.